The number of hydrogen-bond acceptors (Lipinski definition) is 7. The van der Waals surface area contributed by atoms with Crippen LogP contribution in [0.1, 0.15) is 52.7 Å². The molecule has 1 atom stereocenters. The van der Waals surface area contributed by atoms with Crippen LogP contribution in [-0.4, -0.2) is 24.1 Å². The third-order valence-electron chi connectivity index (χ3n) is 6.00. The lowest BCUT2D eigenvalue weighted by Crippen LogP contribution is -2.29. The number of thiazole rings is 1. The second kappa shape index (κ2) is 8.61. The number of carbonyl (C=O) groups is 1. The molecule has 0 radical (unpaired) electrons. The number of ether oxygens (including phenoxy) is 2. The minimum atomic E-state index is -0.703. The molecular weight excluding hydrogens is 452 g/mol. The standard InChI is InChI=1S/C26H24N2O5S/c1-5-31-18-8-7-16(13-20(18)32-6-2)22-21-23(29)17-11-14(3)15(4)12-19(17)33-24(21)25(30)28(22)26-27-9-10-34-26/h7-13,22H,5-6H2,1-4H3. The Morgan fingerprint density at radius 1 is 1.03 bits per heavy atom. The minimum absolute atomic E-state index is 0.0489. The predicted octanol–water partition coefficient (Wildman–Crippen LogP) is 5.41. The van der Waals surface area contributed by atoms with Crippen molar-refractivity contribution in [2.24, 2.45) is 0 Å². The van der Waals surface area contributed by atoms with E-state index in [-0.39, 0.29) is 17.1 Å². The van der Waals surface area contributed by atoms with Crippen molar-refractivity contribution in [1.29, 1.82) is 0 Å². The van der Waals surface area contributed by atoms with Crippen LogP contribution < -0.4 is 19.8 Å². The molecule has 34 heavy (non-hydrogen) atoms. The van der Waals surface area contributed by atoms with Crippen molar-refractivity contribution >= 4 is 33.3 Å². The number of aryl methyl sites for hydroxylation is 2. The van der Waals surface area contributed by atoms with Gasteiger partial charge in [0.25, 0.3) is 5.91 Å². The van der Waals surface area contributed by atoms with Gasteiger partial charge in [-0.25, -0.2) is 4.98 Å². The number of carbonyl (C=O) groups excluding carboxylic acids is 1. The zero-order chi connectivity index (χ0) is 24.0. The Morgan fingerprint density at radius 3 is 2.47 bits per heavy atom. The van der Waals surface area contributed by atoms with E-state index in [2.05, 4.69) is 4.98 Å². The molecule has 1 unspecified atom stereocenters. The Bertz CT molecular complexity index is 1460. The first-order valence-corrected chi connectivity index (χ1v) is 12.0. The van der Waals surface area contributed by atoms with Gasteiger partial charge < -0.3 is 13.9 Å². The maximum atomic E-state index is 13.8. The smallest absolute Gasteiger partial charge is 0.297 e. The van der Waals surface area contributed by atoms with Crippen molar-refractivity contribution < 1.29 is 18.7 Å². The molecule has 0 spiro atoms. The van der Waals surface area contributed by atoms with Gasteiger partial charge in [0, 0.05) is 11.6 Å². The Morgan fingerprint density at radius 2 is 1.76 bits per heavy atom. The van der Waals surface area contributed by atoms with Gasteiger partial charge in [-0.15, -0.1) is 11.3 Å². The van der Waals surface area contributed by atoms with Crippen LogP contribution in [0.5, 0.6) is 11.5 Å². The van der Waals surface area contributed by atoms with E-state index >= 15 is 0 Å². The van der Waals surface area contributed by atoms with Crippen molar-refractivity contribution in [3.63, 3.8) is 0 Å². The van der Waals surface area contributed by atoms with E-state index in [0.717, 1.165) is 11.1 Å². The average molecular weight is 477 g/mol. The molecule has 2 aromatic heterocycles. The molecule has 8 heteroatoms. The largest absolute Gasteiger partial charge is 0.490 e. The zero-order valence-corrected chi connectivity index (χ0v) is 20.2. The number of hydrogen-bond donors (Lipinski definition) is 0. The summed E-state index contributed by atoms with van der Waals surface area (Å²) in [5, 5.41) is 2.74. The first-order valence-electron chi connectivity index (χ1n) is 11.1. The second-order valence-corrected chi connectivity index (χ2v) is 8.94. The van der Waals surface area contributed by atoms with Crippen LogP contribution in [0.4, 0.5) is 5.13 Å². The quantitative estimate of drug-likeness (QED) is 0.370. The minimum Gasteiger partial charge on any atom is -0.490 e. The van der Waals surface area contributed by atoms with Crippen LogP contribution in [0.3, 0.4) is 0 Å². The van der Waals surface area contributed by atoms with Crippen LogP contribution in [0.25, 0.3) is 11.0 Å². The summed E-state index contributed by atoms with van der Waals surface area (Å²) in [5.74, 6) is 0.820. The normalized spacial score (nSPS) is 15.1. The van der Waals surface area contributed by atoms with Crippen LogP contribution in [-0.2, 0) is 0 Å². The highest BCUT2D eigenvalue weighted by molar-refractivity contribution is 7.13. The molecule has 5 rings (SSSR count). The van der Waals surface area contributed by atoms with Crippen molar-refractivity contribution in [1.82, 2.24) is 4.98 Å². The summed E-state index contributed by atoms with van der Waals surface area (Å²) in [6.07, 6.45) is 1.63. The van der Waals surface area contributed by atoms with E-state index in [1.807, 2.05) is 58.0 Å². The van der Waals surface area contributed by atoms with Crippen LogP contribution in [0, 0.1) is 13.8 Å². The topological polar surface area (TPSA) is 81.9 Å². The molecule has 1 amide bonds. The van der Waals surface area contributed by atoms with E-state index in [9.17, 15) is 9.59 Å². The van der Waals surface area contributed by atoms with E-state index in [1.165, 1.54) is 16.2 Å². The number of anilines is 1. The Balaban J connectivity index is 1.78. The first-order chi connectivity index (χ1) is 16.4. The van der Waals surface area contributed by atoms with Crippen LogP contribution >= 0.6 is 11.3 Å². The summed E-state index contributed by atoms with van der Waals surface area (Å²) in [5.41, 5.74) is 3.18. The SMILES string of the molecule is CCOc1ccc(C2c3c(oc4cc(C)c(C)cc4c3=O)C(=O)N2c2nccs2)cc1OCC. The number of benzene rings is 2. The third-order valence-corrected chi connectivity index (χ3v) is 6.77. The molecule has 4 aromatic rings. The summed E-state index contributed by atoms with van der Waals surface area (Å²) < 4.78 is 17.6. The zero-order valence-electron chi connectivity index (χ0n) is 19.4. The lowest BCUT2D eigenvalue weighted by atomic mass is 9.97. The van der Waals surface area contributed by atoms with Gasteiger partial charge in [0.05, 0.1) is 30.2 Å². The number of rotatable bonds is 6. The maximum absolute atomic E-state index is 13.8. The van der Waals surface area contributed by atoms with Gasteiger partial charge in [-0.05, 0) is 68.7 Å². The van der Waals surface area contributed by atoms with Crippen molar-refractivity contribution in [2.45, 2.75) is 33.7 Å². The van der Waals surface area contributed by atoms with Gasteiger partial charge in [-0.1, -0.05) is 6.07 Å². The lowest BCUT2D eigenvalue weighted by Gasteiger charge is -2.23. The highest BCUT2D eigenvalue weighted by atomic mass is 32.1. The van der Waals surface area contributed by atoms with E-state index < -0.39 is 6.04 Å². The van der Waals surface area contributed by atoms with Gasteiger partial charge in [0.1, 0.15) is 5.58 Å². The molecule has 3 heterocycles. The molecule has 0 saturated carbocycles. The van der Waals surface area contributed by atoms with Gasteiger partial charge in [-0.3, -0.25) is 14.5 Å². The van der Waals surface area contributed by atoms with E-state index in [4.69, 9.17) is 13.9 Å². The van der Waals surface area contributed by atoms with Crippen LogP contribution in [0.15, 0.2) is 51.1 Å². The van der Waals surface area contributed by atoms with Gasteiger partial charge >= 0.3 is 0 Å². The molecule has 2 aromatic carbocycles. The monoisotopic (exact) mass is 476 g/mol. The number of amides is 1. The fraction of sp³-hybridized carbons (Fsp3) is 0.269. The number of aromatic nitrogens is 1. The fourth-order valence-corrected chi connectivity index (χ4v) is 4.98. The second-order valence-electron chi connectivity index (χ2n) is 8.07. The summed E-state index contributed by atoms with van der Waals surface area (Å²) in [4.78, 5) is 33.3. The third kappa shape index (κ3) is 3.45. The molecule has 1 aliphatic rings. The fourth-order valence-electron chi connectivity index (χ4n) is 4.31. The highest BCUT2D eigenvalue weighted by Gasteiger charge is 2.45. The Labute approximate surface area is 200 Å². The summed E-state index contributed by atoms with van der Waals surface area (Å²) >= 11 is 1.33. The molecule has 174 valence electrons. The van der Waals surface area contributed by atoms with E-state index in [0.29, 0.717) is 51.9 Å². The molecule has 0 aliphatic carbocycles. The van der Waals surface area contributed by atoms with E-state index in [1.54, 1.807) is 11.6 Å². The summed E-state index contributed by atoms with van der Waals surface area (Å²) in [7, 11) is 0. The number of fused-ring (bicyclic) bond motifs is 2. The summed E-state index contributed by atoms with van der Waals surface area (Å²) in [6.45, 7) is 8.63. The molecule has 1 aliphatic heterocycles. The molecule has 0 bridgehead atoms. The molecular formula is C26H24N2O5S. The lowest BCUT2D eigenvalue weighted by molar-refractivity contribution is 0.0971. The van der Waals surface area contributed by atoms with Crippen LogP contribution in [0.2, 0.25) is 0 Å². The average Bonchev–Trinajstić information content (AvgIpc) is 3.44. The predicted molar refractivity (Wildman–Crippen MR) is 132 cm³/mol. The number of nitrogens with zero attached hydrogens (tertiary/aromatic N) is 2. The van der Waals surface area contributed by atoms with Crippen molar-refractivity contribution in [3.05, 3.63) is 80.1 Å². The van der Waals surface area contributed by atoms with Crippen molar-refractivity contribution in [3.8, 4) is 11.5 Å². The van der Waals surface area contributed by atoms with Gasteiger partial charge in [0.2, 0.25) is 5.76 Å². The first kappa shape index (κ1) is 22.2. The Kier molecular flexibility index (Phi) is 5.61. The molecule has 0 fully saturated rings. The summed E-state index contributed by atoms with van der Waals surface area (Å²) in [6, 6.07) is 8.42. The maximum Gasteiger partial charge on any atom is 0.297 e. The van der Waals surface area contributed by atoms with Crippen molar-refractivity contribution in [2.75, 3.05) is 18.1 Å². The molecule has 0 N–H and O–H groups in total. The Hall–Kier alpha value is -3.65. The molecule has 7 nitrogen and oxygen atoms in total. The molecule has 0 saturated heterocycles. The van der Waals surface area contributed by atoms with Gasteiger partial charge in [-0.2, -0.15) is 0 Å². The highest BCUT2D eigenvalue weighted by Crippen LogP contribution is 2.43. The van der Waals surface area contributed by atoms with Gasteiger partial charge in [0.15, 0.2) is 22.1 Å².